The zero-order valence-corrected chi connectivity index (χ0v) is 19.1. The van der Waals surface area contributed by atoms with E-state index < -0.39 is 12.7 Å². The second-order valence-electron chi connectivity index (χ2n) is 8.98. The molecular weight excluding hydrogens is 451 g/mol. The maximum atomic E-state index is 13.6. The van der Waals surface area contributed by atoms with E-state index in [1.165, 1.54) is 0 Å². The predicted molar refractivity (Wildman–Crippen MR) is 126 cm³/mol. The normalized spacial score (nSPS) is 22.8. The first-order chi connectivity index (χ1) is 15.3. The summed E-state index contributed by atoms with van der Waals surface area (Å²) in [5.74, 6) is -0.158. The summed E-state index contributed by atoms with van der Waals surface area (Å²) in [6.07, 6.45) is -1.55. The Morgan fingerprint density at radius 2 is 1.61 bits per heavy atom. The average molecular weight is 478 g/mol. The minimum atomic E-state index is -4.19. The third-order valence-corrected chi connectivity index (χ3v) is 6.96. The lowest BCUT2D eigenvalue weighted by Gasteiger charge is -2.39. The van der Waals surface area contributed by atoms with Crippen molar-refractivity contribution in [2.45, 2.75) is 50.0 Å². The molecule has 0 unspecified atom stereocenters. The van der Waals surface area contributed by atoms with Crippen LogP contribution in [0, 0.1) is 0 Å². The number of amides is 1. The van der Waals surface area contributed by atoms with Gasteiger partial charge in [0.25, 0.3) is 5.91 Å². The van der Waals surface area contributed by atoms with Gasteiger partial charge < -0.3 is 9.88 Å². The quantitative estimate of drug-likeness (QED) is 0.534. The van der Waals surface area contributed by atoms with E-state index in [9.17, 15) is 18.0 Å². The summed E-state index contributed by atoms with van der Waals surface area (Å²) in [6, 6.07) is 17.3. The summed E-state index contributed by atoms with van der Waals surface area (Å²) < 4.78 is 41.0. The van der Waals surface area contributed by atoms with E-state index in [1.54, 1.807) is 4.90 Å². The second-order valence-corrected chi connectivity index (χ2v) is 8.98. The van der Waals surface area contributed by atoms with Gasteiger partial charge in [-0.15, -0.1) is 12.4 Å². The van der Waals surface area contributed by atoms with Crippen molar-refractivity contribution in [3.05, 3.63) is 60.2 Å². The molecule has 2 aromatic carbocycles. The van der Waals surface area contributed by atoms with Crippen LogP contribution >= 0.6 is 12.4 Å². The molecule has 3 aromatic rings. The molecule has 2 fully saturated rings. The van der Waals surface area contributed by atoms with Crippen LogP contribution in [0.3, 0.4) is 0 Å². The molecular formula is C25H27ClF3N3O. The van der Waals surface area contributed by atoms with Crippen LogP contribution in [0.4, 0.5) is 13.2 Å². The fourth-order valence-corrected chi connectivity index (χ4v) is 5.67. The maximum absolute atomic E-state index is 13.6. The van der Waals surface area contributed by atoms with Gasteiger partial charge in [-0.3, -0.25) is 9.69 Å². The van der Waals surface area contributed by atoms with Gasteiger partial charge in [-0.2, -0.15) is 13.2 Å². The van der Waals surface area contributed by atoms with Crippen LogP contribution in [-0.2, 0) is 7.05 Å². The van der Waals surface area contributed by atoms with Gasteiger partial charge in [0.2, 0.25) is 0 Å². The van der Waals surface area contributed by atoms with Gasteiger partial charge in [0.1, 0.15) is 0 Å². The maximum Gasteiger partial charge on any atom is 0.401 e. The summed E-state index contributed by atoms with van der Waals surface area (Å²) in [4.78, 5) is 15.2. The number of rotatable bonds is 4. The fourth-order valence-electron chi connectivity index (χ4n) is 5.67. The highest BCUT2D eigenvalue weighted by Gasteiger charge is 2.45. The number of hydrogen-bond donors (Lipinski definition) is 1. The molecule has 4 nitrogen and oxygen atoms in total. The number of alkyl halides is 3. The van der Waals surface area contributed by atoms with E-state index in [4.69, 9.17) is 0 Å². The molecule has 2 bridgehead atoms. The van der Waals surface area contributed by atoms with E-state index in [-0.39, 0.29) is 36.4 Å². The first-order valence-corrected chi connectivity index (χ1v) is 11.1. The van der Waals surface area contributed by atoms with Gasteiger partial charge in [-0.25, -0.2) is 0 Å². The molecule has 2 aliphatic heterocycles. The van der Waals surface area contributed by atoms with Gasteiger partial charge in [0.15, 0.2) is 0 Å². The van der Waals surface area contributed by atoms with E-state index in [0.29, 0.717) is 18.4 Å². The summed E-state index contributed by atoms with van der Waals surface area (Å²) in [6.45, 7) is -0.857. The van der Waals surface area contributed by atoms with Crippen molar-refractivity contribution < 1.29 is 18.0 Å². The summed E-state index contributed by atoms with van der Waals surface area (Å²) in [5, 5.41) is 4.05. The highest BCUT2D eigenvalue weighted by atomic mass is 35.5. The Balaban J connectivity index is 0.00000259. The fraction of sp³-hybridized carbons (Fsp3) is 0.400. The minimum Gasteiger partial charge on any atom is -0.349 e. The Labute approximate surface area is 197 Å². The number of para-hydroxylation sites is 1. The van der Waals surface area contributed by atoms with Gasteiger partial charge in [-0.05, 0) is 37.3 Å². The Kier molecular flexibility index (Phi) is 6.47. The minimum absolute atomic E-state index is 0. The van der Waals surface area contributed by atoms with Gasteiger partial charge in [0, 0.05) is 36.1 Å². The smallest absolute Gasteiger partial charge is 0.349 e. The third kappa shape index (κ3) is 4.49. The molecule has 0 radical (unpaired) electrons. The van der Waals surface area contributed by atoms with Crippen LogP contribution < -0.4 is 5.32 Å². The molecule has 1 N–H and O–H groups in total. The van der Waals surface area contributed by atoms with Crippen molar-refractivity contribution in [2.75, 3.05) is 6.54 Å². The molecule has 0 aliphatic carbocycles. The van der Waals surface area contributed by atoms with E-state index in [1.807, 2.05) is 66.2 Å². The number of benzene rings is 2. The molecule has 1 amide bonds. The highest BCUT2D eigenvalue weighted by Crippen LogP contribution is 2.38. The number of carbonyl (C=O) groups excluding carboxylic acids is 1. The van der Waals surface area contributed by atoms with Crippen molar-refractivity contribution >= 4 is 29.2 Å². The number of nitrogens with one attached hydrogen (secondary N) is 1. The SMILES string of the molecule is Cl.Cn1c(-c2ccccc2)c(C(=O)N[C@H]2C[C@H]3CC[C@@H](C2)N3CC(F)(F)F)c2ccccc21. The molecule has 33 heavy (non-hydrogen) atoms. The monoisotopic (exact) mass is 477 g/mol. The Morgan fingerprint density at radius 3 is 2.24 bits per heavy atom. The van der Waals surface area contributed by atoms with Crippen LogP contribution in [0.2, 0.25) is 0 Å². The molecule has 2 saturated heterocycles. The van der Waals surface area contributed by atoms with Crippen LogP contribution in [0.5, 0.6) is 0 Å². The first kappa shape index (κ1) is 23.6. The number of halogens is 4. The van der Waals surface area contributed by atoms with E-state index in [0.717, 1.165) is 35.0 Å². The lowest BCUT2D eigenvalue weighted by atomic mass is 9.96. The van der Waals surface area contributed by atoms with Crippen molar-refractivity contribution in [1.29, 1.82) is 0 Å². The summed E-state index contributed by atoms with van der Waals surface area (Å²) in [7, 11) is 1.96. The Bertz CT molecular complexity index is 1130. The van der Waals surface area contributed by atoms with Gasteiger partial charge in [0.05, 0.1) is 17.8 Å². The van der Waals surface area contributed by atoms with E-state index in [2.05, 4.69) is 5.32 Å². The number of fused-ring (bicyclic) bond motifs is 3. The van der Waals surface area contributed by atoms with Crippen LogP contribution in [0.25, 0.3) is 22.2 Å². The molecule has 3 heterocycles. The lowest BCUT2D eigenvalue weighted by molar-refractivity contribution is -0.155. The number of carbonyl (C=O) groups is 1. The Morgan fingerprint density at radius 1 is 1.00 bits per heavy atom. The zero-order valence-electron chi connectivity index (χ0n) is 18.3. The number of hydrogen-bond acceptors (Lipinski definition) is 2. The molecule has 8 heteroatoms. The molecule has 176 valence electrons. The number of aromatic nitrogens is 1. The first-order valence-electron chi connectivity index (χ1n) is 11.1. The van der Waals surface area contributed by atoms with Gasteiger partial charge >= 0.3 is 6.18 Å². The zero-order chi connectivity index (χ0) is 22.5. The highest BCUT2D eigenvalue weighted by molar-refractivity contribution is 6.12. The van der Waals surface area contributed by atoms with Crippen LogP contribution in [0.1, 0.15) is 36.0 Å². The average Bonchev–Trinajstić information content (AvgIpc) is 3.16. The molecule has 5 rings (SSSR count). The lowest BCUT2D eigenvalue weighted by Crippen LogP contribution is -2.52. The largest absolute Gasteiger partial charge is 0.401 e. The second kappa shape index (κ2) is 9.03. The van der Waals surface area contributed by atoms with Crippen LogP contribution in [0.15, 0.2) is 54.6 Å². The number of piperidine rings is 1. The third-order valence-electron chi connectivity index (χ3n) is 6.96. The van der Waals surface area contributed by atoms with Crippen molar-refractivity contribution in [1.82, 2.24) is 14.8 Å². The van der Waals surface area contributed by atoms with Gasteiger partial charge in [-0.1, -0.05) is 48.5 Å². The molecule has 1 aromatic heterocycles. The van der Waals surface area contributed by atoms with E-state index >= 15 is 0 Å². The molecule has 2 aliphatic rings. The topological polar surface area (TPSA) is 37.3 Å². The number of nitrogens with zero attached hydrogens (tertiary/aromatic N) is 2. The van der Waals surface area contributed by atoms with Crippen molar-refractivity contribution in [3.63, 3.8) is 0 Å². The van der Waals surface area contributed by atoms with Crippen molar-refractivity contribution in [3.8, 4) is 11.3 Å². The van der Waals surface area contributed by atoms with Crippen LogP contribution in [-0.4, -0.2) is 46.2 Å². The summed E-state index contributed by atoms with van der Waals surface area (Å²) >= 11 is 0. The predicted octanol–water partition coefficient (Wildman–Crippen LogP) is 5.55. The van der Waals surface area contributed by atoms with Crippen molar-refractivity contribution in [2.24, 2.45) is 7.05 Å². The molecule has 3 atom stereocenters. The Hall–Kier alpha value is -2.51. The summed E-state index contributed by atoms with van der Waals surface area (Å²) in [5.41, 5.74) is 3.40. The molecule has 0 spiro atoms. The standard InChI is InChI=1S/C25H26F3N3O.ClH/c1-30-21-10-6-5-9-20(21)22(23(30)16-7-3-2-4-8-16)24(32)29-17-13-18-11-12-19(14-17)31(18)15-25(26,27)28;/h2-10,17-19H,11-15H2,1H3,(H,29,32);1H/t17-,18+,19-;. The number of aryl methyl sites for hydroxylation is 1. The molecule has 0 saturated carbocycles.